The maximum absolute atomic E-state index is 13.4. The molecule has 4 heteroatoms. The molecule has 1 aliphatic rings. The first-order valence-electron chi connectivity index (χ1n) is 10.1. The van der Waals surface area contributed by atoms with Crippen LogP contribution in [0.2, 0.25) is 18.1 Å². The Morgan fingerprint density at radius 1 is 1.00 bits per heavy atom. The fraction of sp³-hybridized carbons (Fsp3) is 0.714. The maximum atomic E-state index is 13.4. The lowest BCUT2D eigenvalue weighted by Crippen LogP contribution is -2.42. The molecule has 1 fully saturated rings. The van der Waals surface area contributed by atoms with Crippen molar-refractivity contribution in [2.75, 3.05) is 0 Å². The van der Waals surface area contributed by atoms with Gasteiger partial charge in [-0.3, -0.25) is 0 Å². The molecule has 0 spiro atoms. The highest BCUT2D eigenvalue weighted by molar-refractivity contribution is 6.73. The Balaban J connectivity index is 1.98. The van der Waals surface area contributed by atoms with E-state index in [1.165, 1.54) is 55.9 Å². The molecule has 1 aromatic carbocycles. The number of hydrogen-bond donors (Lipinski definition) is 0. The van der Waals surface area contributed by atoms with Crippen molar-refractivity contribution in [3.8, 4) is 0 Å². The van der Waals surface area contributed by atoms with Gasteiger partial charge in [-0.2, -0.15) is 0 Å². The predicted octanol–water partition coefficient (Wildman–Crippen LogP) is 6.87. The minimum Gasteiger partial charge on any atom is -0.414 e. The number of rotatable bonds is 10. The van der Waals surface area contributed by atoms with Crippen LogP contribution in [0.4, 0.5) is 8.78 Å². The summed E-state index contributed by atoms with van der Waals surface area (Å²) in [6.45, 7) is 6.83. The summed E-state index contributed by atoms with van der Waals surface area (Å²) in [6.07, 6.45) is 8.20. The molecule has 1 atom stereocenters. The molecule has 25 heavy (non-hydrogen) atoms. The first-order valence-corrected chi connectivity index (χ1v) is 12.7. The highest BCUT2D eigenvalue weighted by atomic mass is 28.4. The SMILES string of the molecule is CC[Si](CC)(CC)OC(CCCc1cc(F)cc(F)c1)C1CCCC1. The van der Waals surface area contributed by atoms with E-state index in [2.05, 4.69) is 20.8 Å². The van der Waals surface area contributed by atoms with Crippen LogP contribution in [-0.4, -0.2) is 14.4 Å². The van der Waals surface area contributed by atoms with Crippen LogP contribution in [0.25, 0.3) is 0 Å². The number of aryl methyl sites for hydroxylation is 1. The fourth-order valence-electron chi connectivity index (χ4n) is 4.30. The van der Waals surface area contributed by atoms with Gasteiger partial charge in [-0.1, -0.05) is 33.6 Å². The second-order valence-corrected chi connectivity index (χ2v) is 12.3. The third kappa shape index (κ3) is 5.89. The van der Waals surface area contributed by atoms with Crippen LogP contribution >= 0.6 is 0 Å². The average Bonchev–Trinajstić information content (AvgIpc) is 3.12. The van der Waals surface area contributed by atoms with Crippen molar-refractivity contribution in [3.63, 3.8) is 0 Å². The monoisotopic (exact) mass is 368 g/mol. The minimum atomic E-state index is -1.62. The Hall–Kier alpha value is -0.743. The molecule has 1 saturated carbocycles. The van der Waals surface area contributed by atoms with E-state index >= 15 is 0 Å². The lowest BCUT2D eigenvalue weighted by atomic mass is 9.95. The summed E-state index contributed by atoms with van der Waals surface area (Å²) >= 11 is 0. The molecule has 2 rings (SSSR count). The second-order valence-electron chi connectivity index (χ2n) is 7.61. The summed E-state index contributed by atoms with van der Waals surface area (Å²) in [5, 5.41) is 0. The summed E-state index contributed by atoms with van der Waals surface area (Å²) in [6, 6.07) is 7.39. The third-order valence-corrected chi connectivity index (χ3v) is 10.8. The highest BCUT2D eigenvalue weighted by Gasteiger charge is 2.35. The van der Waals surface area contributed by atoms with Gasteiger partial charge in [0.1, 0.15) is 11.6 Å². The van der Waals surface area contributed by atoms with E-state index in [1.807, 2.05) is 0 Å². The summed E-state index contributed by atoms with van der Waals surface area (Å²) in [7, 11) is -1.62. The zero-order valence-electron chi connectivity index (χ0n) is 16.1. The Morgan fingerprint density at radius 2 is 1.56 bits per heavy atom. The van der Waals surface area contributed by atoms with Gasteiger partial charge in [0, 0.05) is 12.2 Å². The molecule has 0 bridgehead atoms. The molecular weight excluding hydrogens is 334 g/mol. The van der Waals surface area contributed by atoms with Crippen molar-refractivity contribution in [1.29, 1.82) is 0 Å². The van der Waals surface area contributed by atoms with Gasteiger partial charge in [0.2, 0.25) is 0 Å². The van der Waals surface area contributed by atoms with Gasteiger partial charge in [0.25, 0.3) is 0 Å². The Morgan fingerprint density at radius 3 is 2.08 bits per heavy atom. The lowest BCUT2D eigenvalue weighted by Gasteiger charge is -2.36. The van der Waals surface area contributed by atoms with E-state index in [0.717, 1.165) is 30.9 Å². The average molecular weight is 369 g/mol. The van der Waals surface area contributed by atoms with Crippen LogP contribution in [0.15, 0.2) is 18.2 Å². The van der Waals surface area contributed by atoms with E-state index < -0.39 is 20.0 Å². The summed E-state index contributed by atoms with van der Waals surface area (Å²) in [5.41, 5.74) is 0.757. The van der Waals surface area contributed by atoms with E-state index in [-0.39, 0.29) is 0 Å². The van der Waals surface area contributed by atoms with Crippen molar-refractivity contribution >= 4 is 8.32 Å². The van der Waals surface area contributed by atoms with Gasteiger partial charge < -0.3 is 4.43 Å². The quantitative estimate of drug-likeness (QED) is 0.409. The first kappa shape index (κ1) is 20.6. The maximum Gasteiger partial charge on any atom is 0.192 e. The predicted molar refractivity (Wildman–Crippen MR) is 103 cm³/mol. The zero-order valence-corrected chi connectivity index (χ0v) is 17.1. The topological polar surface area (TPSA) is 9.23 Å². The summed E-state index contributed by atoms with van der Waals surface area (Å²) in [4.78, 5) is 0. The van der Waals surface area contributed by atoms with Crippen LogP contribution in [0.5, 0.6) is 0 Å². The highest BCUT2D eigenvalue weighted by Crippen LogP contribution is 2.35. The van der Waals surface area contributed by atoms with Gasteiger partial charge in [0.05, 0.1) is 0 Å². The first-order chi connectivity index (χ1) is 12.0. The van der Waals surface area contributed by atoms with E-state index in [1.54, 1.807) is 0 Å². The molecule has 0 radical (unpaired) electrons. The number of hydrogen-bond acceptors (Lipinski definition) is 1. The van der Waals surface area contributed by atoms with Crippen LogP contribution in [-0.2, 0) is 10.8 Å². The molecule has 0 aromatic heterocycles. The van der Waals surface area contributed by atoms with Crippen molar-refractivity contribution in [2.24, 2.45) is 5.92 Å². The molecule has 1 nitrogen and oxygen atoms in total. The molecule has 1 aliphatic carbocycles. The molecule has 0 N–H and O–H groups in total. The van der Waals surface area contributed by atoms with Crippen LogP contribution < -0.4 is 0 Å². The number of halogens is 2. The van der Waals surface area contributed by atoms with Crippen molar-refractivity contribution < 1.29 is 13.2 Å². The largest absolute Gasteiger partial charge is 0.414 e. The molecule has 1 unspecified atom stereocenters. The van der Waals surface area contributed by atoms with Gasteiger partial charge in [-0.05, 0) is 73.9 Å². The summed E-state index contributed by atoms with van der Waals surface area (Å²) < 4.78 is 33.6. The third-order valence-electron chi connectivity index (χ3n) is 6.14. The molecule has 0 saturated heterocycles. The van der Waals surface area contributed by atoms with E-state index in [9.17, 15) is 8.78 Å². The van der Waals surface area contributed by atoms with Crippen molar-refractivity contribution in [2.45, 2.75) is 90.0 Å². The van der Waals surface area contributed by atoms with Gasteiger partial charge in [-0.15, -0.1) is 0 Å². The van der Waals surface area contributed by atoms with E-state index in [4.69, 9.17) is 4.43 Å². The van der Waals surface area contributed by atoms with Gasteiger partial charge in [-0.25, -0.2) is 8.78 Å². The van der Waals surface area contributed by atoms with Crippen molar-refractivity contribution in [1.82, 2.24) is 0 Å². The zero-order chi connectivity index (χ0) is 18.3. The molecular formula is C21H34F2OSi. The number of benzene rings is 1. The molecule has 142 valence electrons. The second kappa shape index (κ2) is 9.82. The molecule has 0 heterocycles. The van der Waals surface area contributed by atoms with Crippen molar-refractivity contribution in [3.05, 3.63) is 35.4 Å². The van der Waals surface area contributed by atoms with Crippen LogP contribution in [0, 0.1) is 17.6 Å². The molecule has 1 aromatic rings. The minimum absolute atomic E-state index is 0.340. The normalized spacial score (nSPS) is 17.2. The smallest absolute Gasteiger partial charge is 0.192 e. The Bertz CT molecular complexity index is 496. The Kier molecular flexibility index (Phi) is 8.08. The van der Waals surface area contributed by atoms with Gasteiger partial charge >= 0.3 is 0 Å². The standard InChI is InChI=1S/C21H34F2OSi/c1-4-25(5-2,6-3)24-21(18-11-7-8-12-18)13-9-10-17-14-19(22)16-20(23)15-17/h14-16,18,21H,4-13H2,1-3H3. The van der Waals surface area contributed by atoms with E-state index in [0.29, 0.717) is 12.0 Å². The van der Waals surface area contributed by atoms with Crippen LogP contribution in [0.1, 0.15) is 64.9 Å². The molecule has 0 amide bonds. The molecule has 0 aliphatic heterocycles. The summed E-state index contributed by atoms with van der Waals surface area (Å²) in [5.74, 6) is -0.276. The fourth-order valence-corrected chi connectivity index (χ4v) is 7.26. The Labute approximate surface area is 153 Å². The van der Waals surface area contributed by atoms with Crippen LogP contribution in [0.3, 0.4) is 0 Å². The lowest BCUT2D eigenvalue weighted by molar-refractivity contribution is 0.112. The van der Waals surface area contributed by atoms with Gasteiger partial charge in [0.15, 0.2) is 8.32 Å².